The van der Waals surface area contributed by atoms with Gasteiger partial charge in [0.05, 0.1) is 0 Å². The van der Waals surface area contributed by atoms with Crippen LogP contribution < -0.4 is 4.74 Å². The molecule has 2 nitrogen and oxygen atoms in total. The third-order valence-electron chi connectivity index (χ3n) is 3.09. The first-order valence-corrected chi connectivity index (χ1v) is 5.95. The molecule has 2 aromatic carbocycles. The summed E-state index contributed by atoms with van der Waals surface area (Å²) in [6.45, 7) is 2.87. The Morgan fingerprint density at radius 1 is 1.06 bits per heavy atom. The number of benzene rings is 2. The van der Waals surface area contributed by atoms with Crippen LogP contribution in [-0.4, -0.2) is 31.6 Å². The van der Waals surface area contributed by atoms with Crippen LogP contribution in [0.2, 0.25) is 0 Å². The third-order valence-corrected chi connectivity index (χ3v) is 3.09. The van der Waals surface area contributed by atoms with Crippen molar-refractivity contribution < 1.29 is 4.74 Å². The molecule has 0 spiro atoms. The van der Waals surface area contributed by atoms with E-state index in [0.29, 0.717) is 12.6 Å². The fraction of sp³-hybridized carbons (Fsp3) is 0.333. The van der Waals surface area contributed by atoms with Gasteiger partial charge in [0.2, 0.25) is 0 Å². The number of likely N-dealkylation sites (N-methyl/N-ethyl adjacent to an activating group) is 1. The summed E-state index contributed by atoms with van der Waals surface area (Å²) in [4.78, 5) is 2.15. The molecule has 0 fully saturated rings. The number of fused-ring (bicyclic) bond motifs is 1. The average Bonchev–Trinajstić information content (AvgIpc) is 2.35. The summed E-state index contributed by atoms with van der Waals surface area (Å²) in [5, 5.41) is 2.48. The van der Waals surface area contributed by atoms with Crippen molar-refractivity contribution in [3.8, 4) is 5.75 Å². The Kier molecular flexibility index (Phi) is 3.64. The zero-order valence-corrected chi connectivity index (χ0v) is 10.7. The van der Waals surface area contributed by atoms with Gasteiger partial charge in [-0.15, -0.1) is 0 Å². The highest BCUT2D eigenvalue weighted by Crippen LogP contribution is 2.20. The summed E-state index contributed by atoms with van der Waals surface area (Å²) in [7, 11) is 4.13. The SMILES string of the molecule is C[C@H](COc1ccc2ccccc2c1)N(C)C. The van der Waals surface area contributed by atoms with Crippen molar-refractivity contribution in [2.75, 3.05) is 20.7 Å². The molecule has 0 unspecified atom stereocenters. The lowest BCUT2D eigenvalue weighted by Crippen LogP contribution is -2.30. The second-order valence-electron chi connectivity index (χ2n) is 4.63. The first-order valence-electron chi connectivity index (χ1n) is 5.95. The van der Waals surface area contributed by atoms with Crippen molar-refractivity contribution in [2.24, 2.45) is 0 Å². The average molecular weight is 229 g/mol. The summed E-state index contributed by atoms with van der Waals surface area (Å²) < 4.78 is 5.80. The van der Waals surface area contributed by atoms with E-state index in [4.69, 9.17) is 4.74 Å². The highest BCUT2D eigenvalue weighted by Gasteiger charge is 2.05. The van der Waals surface area contributed by atoms with Crippen LogP contribution in [0.4, 0.5) is 0 Å². The van der Waals surface area contributed by atoms with Gasteiger partial charge in [-0.05, 0) is 43.9 Å². The van der Waals surface area contributed by atoms with E-state index in [1.54, 1.807) is 0 Å². The normalized spacial score (nSPS) is 12.9. The molecular formula is C15H19NO. The van der Waals surface area contributed by atoms with Crippen molar-refractivity contribution in [2.45, 2.75) is 13.0 Å². The molecule has 0 amide bonds. The van der Waals surface area contributed by atoms with E-state index < -0.39 is 0 Å². The van der Waals surface area contributed by atoms with Gasteiger partial charge in [0.1, 0.15) is 12.4 Å². The van der Waals surface area contributed by atoms with E-state index in [1.165, 1.54) is 10.8 Å². The van der Waals surface area contributed by atoms with Crippen molar-refractivity contribution in [3.63, 3.8) is 0 Å². The molecule has 0 N–H and O–H groups in total. The number of ether oxygens (including phenoxy) is 1. The van der Waals surface area contributed by atoms with E-state index in [0.717, 1.165) is 5.75 Å². The highest BCUT2D eigenvalue weighted by molar-refractivity contribution is 5.83. The Balaban J connectivity index is 2.09. The van der Waals surface area contributed by atoms with Gasteiger partial charge in [-0.2, -0.15) is 0 Å². The number of rotatable bonds is 4. The summed E-state index contributed by atoms with van der Waals surface area (Å²) in [5.41, 5.74) is 0. The number of hydrogen-bond donors (Lipinski definition) is 0. The first-order chi connectivity index (χ1) is 8.16. The molecule has 2 aromatic rings. The Labute approximate surface area is 103 Å². The Hall–Kier alpha value is -1.54. The van der Waals surface area contributed by atoms with Gasteiger partial charge < -0.3 is 9.64 Å². The minimum absolute atomic E-state index is 0.418. The smallest absolute Gasteiger partial charge is 0.120 e. The van der Waals surface area contributed by atoms with Crippen LogP contribution in [-0.2, 0) is 0 Å². The van der Waals surface area contributed by atoms with E-state index >= 15 is 0 Å². The molecule has 0 saturated carbocycles. The van der Waals surface area contributed by atoms with Crippen LogP contribution >= 0.6 is 0 Å². The Bertz CT molecular complexity index is 493. The van der Waals surface area contributed by atoms with Crippen LogP contribution in [0.3, 0.4) is 0 Å². The van der Waals surface area contributed by atoms with Gasteiger partial charge in [-0.25, -0.2) is 0 Å². The van der Waals surface area contributed by atoms with Gasteiger partial charge in [0, 0.05) is 6.04 Å². The second-order valence-corrected chi connectivity index (χ2v) is 4.63. The van der Waals surface area contributed by atoms with E-state index in [9.17, 15) is 0 Å². The highest BCUT2D eigenvalue weighted by atomic mass is 16.5. The number of nitrogens with zero attached hydrogens (tertiary/aromatic N) is 1. The van der Waals surface area contributed by atoms with E-state index in [2.05, 4.69) is 62.3 Å². The van der Waals surface area contributed by atoms with Crippen LogP contribution in [0, 0.1) is 0 Å². The molecule has 2 rings (SSSR count). The van der Waals surface area contributed by atoms with Crippen molar-refractivity contribution in [1.29, 1.82) is 0 Å². The summed E-state index contributed by atoms with van der Waals surface area (Å²) >= 11 is 0. The van der Waals surface area contributed by atoms with Crippen molar-refractivity contribution in [3.05, 3.63) is 42.5 Å². The quantitative estimate of drug-likeness (QED) is 0.798. The topological polar surface area (TPSA) is 12.5 Å². The lowest BCUT2D eigenvalue weighted by molar-refractivity contribution is 0.198. The second kappa shape index (κ2) is 5.19. The summed E-state index contributed by atoms with van der Waals surface area (Å²) in [6.07, 6.45) is 0. The first kappa shape index (κ1) is 11.9. The monoisotopic (exact) mass is 229 g/mol. The van der Waals surface area contributed by atoms with Gasteiger partial charge in [0.25, 0.3) is 0 Å². The number of hydrogen-bond acceptors (Lipinski definition) is 2. The fourth-order valence-electron chi connectivity index (χ4n) is 1.62. The summed E-state index contributed by atoms with van der Waals surface area (Å²) in [6, 6.07) is 15.0. The maximum atomic E-state index is 5.80. The van der Waals surface area contributed by atoms with Crippen LogP contribution in [0.15, 0.2) is 42.5 Å². The van der Waals surface area contributed by atoms with Crippen molar-refractivity contribution >= 4 is 10.8 Å². The van der Waals surface area contributed by atoms with Gasteiger partial charge in [0.15, 0.2) is 0 Å². The van der Waals surface area contributed by atoms with Gasteiger partial charge >= 0.3 is 0 Å². The minimum atomic E-state index is 0.418. The Morgan fingerprint density at radius 2 is 1.76 bits per heavy atom. The molecular weight excluding hydrogens is 210 g/mol. The van der Waals surface area contributed by atoms with Crippen LogP contribution in [0.1, 0.15) is 6.92 Å². The van der Waals surface area contributed by atoms with Crippen LogP contribution in [0.5, 0.6) is 5.75 Å². The van der Waals surface area contributed by atoms with Crippen molar-refractivity contribution in [1.82, 2.24) is 4.90 Å². The van der Waals surface area contributed by atoms with Crippen LogP contribution in [0.25, 0.3) is 10.8 Å². The van der Waals surface area contributed by atoms with Gasteiger partial charge in [-0.1, -0.05) is 30.3 Å². The molecule has 0 aliphatic carbocycles. The largest absolute Gasteiger partial charge is 0.492 e. The molecule has 0 heterocycles. The summed E-state index contributed by atoms with van der Waals surface area (Å²) in [5.74, 6) is 0.942. The van der Waals surface area contributed by atoms with Gasteiger partial charge in [-0.3, -0.25) is 0 Å². The molecule has 17 heavy (non-hydrogen) atoms. The van der Waals surface area contributed by atoms with E-state index in [1.807, 2.05) is 6.07 Å². The molecule has 0 bridgehead atoms. The zero-order valence-electron chi connectivity index (χ0n) is 10.7. The molecule has 0 aromatic heterocycles. The third kappa shape index (κ3) is 2.98. The lowest BCUT2D eigenvalue weighted by Gasteiger charge is -2.20. The predicted octanol–water partition coefficient (Wildman–Crippen LogP) is 3.17. The standard InChI is InChI=1S/C15H19NO/c1-12(16(2)3)11-17-15-9-8-13-6-4-5-7-14(13)10-15/h4-10,12H,11H2,1-3H3/t12-/m1/s1. The fourth-order valence-corrected chi connectivity index (χ4v) is 1.62. The lowest BCUT2D eigenvalue weighted by atomic mass is 10.1. The zero-order chi connectivity index (χ0) is 12.3. The molecule has 0 aliphatic rings. The maximum absolute atomic E-state index is 5.80. The maximum Gasteiger partial charge on any atom is 0.120 e. The molecule has 90 valence electrons. The molecule has 2 heteroatoms. The van der Waals surface area contributed by atoms with E-state index in [-0.39, 0.29) is 0 Å². The predicted molar refractivity (Wildman–Crippen MR) is 72.6 cm³/mol. The minimum Gasteiger partial charge on any atom is -0.492 e. The molecule has 0 radical (unpaired) electrons. The Morgan fingerprint density at radius 3 is 2.47 bits per heavy atom. The molecule has 1 atom stereocenters. The molecule has 0 aliphatic heterocycles. The molecule has 0 saturated heterocycles.